The highest BCUT2D eigenvalue weighted by Gasteiger charge is 2.31. The Balaban J connectivity index is 1.71. The maximum absolute atomic E-state index is 12.1. The number of methoxy groups -OCH3 is 1. The molecule has 7 nitrogen and oxygen atoms in total. The molecule has 1 N–H and O–H groups in total. The van der Waals surface area contributed by atoms with Gasteiger partial charge < -0.3 is 14.8 Å². The van der Waals surface area contributed by atoms with Crippen LogP contribution in [0, 0.1) is 0 Å². The van der Waals surface area contributed by atoms with Crippen molar-refractivity contribution in [2.24, 2.45) is 0 Å². The molecule has 0 spiro atoms. The predicted octanol–water partition coefficient (Wildman–Crippen LogP) is 1.20. The van der Waals surface area contributed by atoms with Crippen molar-refractivity contribution in [1.82, 2.24) is 19.9 Å². The highest BCUT2D eigenvalue weighted by molar-refractivity contribution is 7.07. The molecule has 21 heavy (non-hydrogen) atoms. The van der Waals surface area contributed by atoms with Crippen LogP contribution in [0.15, 0.2) is 24.5 Å². The van der Waals surface area contributed by atoms with E-state index in [4.69, 9.17) is 9.47 Å². The number of hydrogen-bond acceptors (Lipinski definition) is 7. The summed E-state index contributed by atoms with van der Waals surface area (Å²) < 4.78 is 14.4. The first-order valence-electron chi connectivity index (χ1n) is 6.47. The van der Waals surface area contributed by atoms with Crippen molar-refractivity contribution in [3.63, 3.8) is 0 Å². The van der Waals surface area contributed by atoms with E-state index < -0.39 is 0 Å². The molecule has 2 aromatic rings. The second-order valence-corrected chi connectivity index (χ2v) is 5.36. The Morgan fingerprint density at radius 2 is 2.38 bits per heavy atom. The summed E-state index contributed by atoms with van der Waals surface area (Å²) in [5, 5.41) is 6.63. The van der Waals surface area contributed by atoms with Crippen LogP contribution in [0.1, 0.15) is 27.8 Å². The fourth-order valence-corrected chi connectivity index (χ4v) is 2.67. The van der Waals surface area contributed by atoms with E-state index in [1.54, 1.807) is 19.4 Å². The van der Waals surface area contributed by atoms with E-state index in [1.807, 2.05) is 6.07 Å². The average molecular weight is 306 g/mol. The summed E-state index contributed by atoms with van der Waals surface area (Å²) in [5.74, 6) is 0.375. The van der Waals surface area contributed by atoms with Gasteiger partial charge in [-0.05, 0) is 24.0 Å². The minimum atomic E-state index is -0.201. The highest BCUT2D eigenvalue weighted by Crippen LogP contribution is 2.29. The van der Waals surface area contributed by atoms with Crippen LogP contribution in [0.4, 0.5) is 0 Å². The van der Waals surface area contributed by atoms with Gasteiger partial charge in [-0.2, -0.15) is 0 Å². The topological polar surface area (TPSA) is 86.2 Å². The highest BCUT2D eigenvalue weighted by atomic mass is 32.1. The molecule has 3 rings (SSSR count). The van der Waals surface area contributed by atoms with Crippen LogP contribution < -0.4 is 10.1 Å². The molecular weight excluding hydrogens is 292 g/mol. The van der Waals surface area contributed by atoms with Gasteiger partial charge in [-0.15, -0.1) is 5.10 Å². The molecule has 1 fully saturated rings. The molecule has 110 valence electrons. The Morgan fingerprint density at radius 3 is 3.05 bits per heavy atom. The Kier molecular flexibility index (Phi) is 4.07. The molecule has 0 aromatic carbocycles. The average Bonchev–Trinajstić information content (AvgIpc) is 3.19. The van der Waals surface area contributed by atoms with Crippen LogP contribution in [0.2, 0.25) is 0 Å². The third kappa shape index (κ3) is 3.01. The smallest absolute Gasteiger partial charge is 0.264 e. The number of hydrogen-bond donors (Lipinski definition) is 1. The molecule has 3 heterocycles. The Bertz CT molecular complexity index is 602. The molecule has 8 heteroatoms. The van der Waals surface area contributed by atoms with Crippen molar-refractivity contribution < 1.29 is 14.3 Å². The van der Waals surface area contributed by atoms with E-state index in [1.165, 1.54) is 6.20 Å². The van der Waals surface area contributed by atoms with Gasteiger partial charge in [0.15, 0.2) is 0 Å². The first kappa shape index (κ1) is 13.9. The van der Waals surface area contributed by atoms with Crippen molar-refractivity contribution in [2.45, 2.75) is 18.6 Å². The van der Waals surface area contributed by atoms with Gasteiger partial charge in [0.05, 0.1) is 19.3 Å². The number of carbonyl (C=O) groups excluding carboxylic acids is 1. The maximum Gasteiger partial charge on any atom is 0.264 e. The van der Waals surface area contributed by atoms with Gasteiger partial charge in [0.25, 0.3) is 5.91 Å². The number of ether oxygens (including phenoxy) is 2. The normalized spacial score (nSPS) is 21.2. The molecule has 0 unspecified atom stereocenters. The molecule has 2 aromatic heterocycles. The zero-order valence-electron chi connectivity index (χ0n) is 11.4. The van der Waals surface area contributed by atoms with E-state index in [-0.39, 0.29) is 18.1 Å². The Morgan fingerprint density at radius 1 is 1.48 bits per heavy atom. The first-order valence-corrected chi connectivity index (χ1v) is 7.25. The Hall–Kier alpha value is -2.06. The maximum atomic E-state index is 12.1. The third-order valence-electron chi connectivity index (χ3n) is 3.29. The van der Waals surface area contributed by atoms with Gasteiger partial charge >= 0.3 is 0 Å². The van der Waals surface area contributed by atoms with Crippen LogP contribution in [0.25, 0.3) is 0 Å². The number of rotatable bonds is 4. The summed E-state index contributed by atoms with van der Waals surface area (Å²) in [6, 6.07) is 3.59. The molecule has 0 aliphatic carbocycles. The largest absolute Gasteiger partial charge is 0.481 e. The van der Waals surface area contributed by atoms with Crippen LogP contribution in [-0.4, -0.2) is 40.2 Å². The molecule has 1 saturated heterocycles. The van der Waals surface area contributed by atoms with Crippen LogP contribution in [-0.2, 0) is 4.74 Å². The lowest BCUT2D eigenvalue weighted by Gasteiger charge is -2.19. The number of nitrogens with one attached hydrogen (secondary N) is 1. The molecule has 0 saturated carbocycles. The first-order chi connectivity index (χ1) is 10.3. The summed E-state index contributed by atoms with van der Waals surface area (Å²) in [5.41, 5.74) is 0.918. The summed E-state index contributed by atoms with van der Waals surface area (Å²) in [7, 11) is 1.57. The second-order valence-electron chi connectivity index (χ2n) is 4.58. The quantitative estimate of drug-likeness (QED) is 0.913. The molecular formula is C13H14N4O3S. The minimum absolute atomic E-state index is 0.0882. The molecule has 1 aliphatic rings. The van der Waals surface area contributed by atoms with E-state index in [9.17, 15) is 4.79 Å². The van der Waals surface area contributed by atoms with Crippen LogP contribution in [0.3, 0.4) is 0 Å². The SMILES string of the molecule is COc1ccc([C@H]2OCC[C@@H]2NC(=O)c2cnns2)cn1. The summed E-state index contributed by atoms with van der Waals surface area (Å²) in [4.78, 5) is 16.7. The number of aromatic nitrogens is 3. The van der Waals surface area contributed by atoms with Crippen LogP contribution >= 0.6 is 11.5 Å². The summed E-state index contributed by atoms with van der Waals surface area (Å²) in [6.07, 6.45) is 3.73. The monoisotopic (exact) mass is 306 g/mol. The van der Waals surface area contributed by atoms with Crippen molar-refractivity contribution in [3.05, 3.63) is 35.0 Å². The van der Waals surface area contributed by atoms with Gasteiger partial charge in [-0.1, -0.05) is 4.49 Å². The molecule has 0 radical (unpaired) electrons. The lowest BCUT2D eigenvalue weighted by molar-refractivity contribution is 0.0823. The lowest BCUT2D eigenvalue weighted by atomic mass is 10.0. The predicted molar refractivity (Wildman–Crippen MR) is 75.3 cm³/mol. The van der Waals surface area contributed by atoms with Crippen molar-refractivity contribution in [3.8, 4) is 5.88 Å². The zero-order valence-corrected chi connectivity index (χ0v) is 12.2. The van der Waals surface area contributed by atoms with Gasteiger partial charge in [-0.25, -0.2) is 4.98 Å². The van der Waals surface area contributed by atoms with Crippen molar-refractivity contribution in [1.29, 1.82) is 0 Å². The van der Waals surface area contributed by atoms with Crippen molar-refractivity contribution in [2.75, 3.05) is 13.7 Å². The third-order valence-corrected chi connectivity index (χ3v) is 3.95. The van der Waals surface area contributed by atoms with Gasteiger partial charge in [0, 0.05) is 24.4 Å². The minimum Gasteiger partial charge on any atom is -0.481 e. The number of carbonyl (C=O) groups is 1. The molecule has 0 bridgehead atoms. The molecule has 2 atom stereocenters. The fourth-order valence-electron chi connectivity index (χ4n) is 2.25. The van der Waals surface area contributed by atoms with E-state index in [0.717, 1.165) is 23.5 Å². The van der Waals surface area contributed by atoms with Crippen molar-refractivity contribution >= 4 is 17.4 Å². The number of amides is 1. The van der Waals surface area contributed by atoms with Gasteiger partial charge in [-0.3, -0.25) is 4.79 Å². The van der Waals surface area contributed by atoms with Gasteiger partial charge in [0.1, 0.15) is 11.0 Å². The summed E-state index contributed by atoms with van der Waals surface area (Å²) >= 11 is 1.07. The Labute approximate surface area is 125 Å². The van der Waals surface area contributed by atoms with E-state index in [2.05, 4.69) is 19.9 Å². The summed E-state index contributed by atoms with van der Waals surface area (Å²) in [6.45, 7) is 0.600. The number of pyridine rings is 1. The fraction of sp³-hybridized carbons (Fsp3) is 0.385. The van der Waals surface area contributed by atoms with E-state index in [0.29, 0.717) is 17.4 Å². The van der Waals surface area contributed by atoms with Crippen LogP contribution in [0.5, 0.6) is 5.88 Å². The molecule has 1 aliphatic heterocycles. The molecule has 1 amide bonds. The van der Waals surface area contributed by atoms with Gasteiger partial charge in [0.2, 0.25) is 5.88 Å². The standard InChI is InChI=1S/C13H14N4O3S/c1-19-11-3-2-8(6-14-11)12-9(4-5-20-12)16-13(18)10-7-15-17-21-10/h2-3,6-7,9,12H,4-5H2,1H3,(H,16,18)/t9-,12+/m0/s1. The second kappa shape index (κ2) is 6.15. The van der Waals surface area contributed by atoms with E-state index >= 15 is 0 Å². The number of nitrogens with zero attached hydrogens (tertiary/aromatic N) is 3. The lowest BCUT2D eigenvalue weighted by Crippen LogP contribution is -2.36. The zero-order chi connectivity index (χ0) is 14.7.